The summed E-state index contributed by atoms with van der Waals surface area (Å²) in [5.74, 6) is -0.279. The predicted molar refractivity (Wildman–Crippen MR) is 260 cm³/mol. The van der Waals surface area contributed by atoms with E-state index in [0.717, 1.165) is 51.4 Å². The fourth-order valence-electron chi connectivity index (χ4n) is 7.65. The van der Waals surface area contributed by atoms with E-state index in [0.29, 0.717) is 12.8 Å². The van der Waals surface area contributed by atoms with Gasteiger partial charge in [-0.05, 0) is 44.6 Å². The molecule has 0 spiro atoms. The lowest BCUT2D eigenvalue weighted by molar-refractivity contribution is -0.147. The van der Waals surface area contributed by atoms with Crippen LogP contribution in [0.5, 0.6) is 0 Å². The van der Waals surface area contributed by atoms with Gasteiger partial charge in [-0.2, -0.15) is 0 Å². The minimum atomic E-state index is -4.88. The molecule has 1 unspecified atom stereocenters. The van der Waals surface area contributed by atoms with Crippen molar-refractivity contribution >= 4 is 19.6 Å². The Kier molecular flexibility index (Phi) is 45.2. The van der Waals surface area contributed by atoms with Gasteiger partial charge in [-0.15, -0.1) is 0 Å². The summed E-state index contributed by atoms with van der Waals surface area (Å²) in [5.41, 5.74) is 0. The largest absolute Gasteiger partial charge is 0.472 e. The standard InChI is InChI=1S/C51H97O13P/c1-2-3-4-5-6-7-8-9-10-11-12-13-14-15-17-20-23-26-29-32-35-38-45(54)39-36-33-30-27-24-21-18-16-19-22-25-28-31-34-37-40-49(57)62-43-46(41-52)64-65(60,61)63-44-48(56)51(59)50(58)47(55)42-53/h23,26,35,38,46-48,50-53,55-56,58-59H,2-22,24-25,27-34,36-37,39-44H2,1H3,(H,60,61)/b26-23-,38-35-/t46-,47+,48+,50+,51+/m0/s1. The molecule has 0 aliphatic carbocycles. The van der Waals surface area contributed by atoms with E-state index < -0.39 is 70.7 Å². The molecule has 0 rings (SSSR count). The third-order valence-electron chi connectivity index (χ3n) is 11.9. The van der Waals surface area contributed by atoms with Crippen LogP contribution in [0.4, 0.5) is 0 Å². The van der Waals surface area contributed by atoms with E-state index in [9.17, 15) is 44.6 Å². The molecule has 0 saturated heterocycles. The monoisotopic (exact) mass is 949 g/mol. The van der Waals surface area contributed by atoms with Crippen LogP contribution in [-0.4, -0.2) is 104 Å². The molecule has 0 fully saturated rings. The minimum Gasteiger partial charge on any atom is -0.463 e. The SMILES string of the molecule is CCCCCCCCCCCCCCCCC/C=C\CC/C=C\C(=O)CCCCCCCCCCCCCCCCCC(=O)OC[C@H](CO)OP(=O)(O)OC[C@@H](O)[C@@H](O)[C@H](O)[C@H](O)CO. The topological polar surface area (TPSA) is 221 Å². The fourth-order valence-corrected chi connectivity index (χ4v) is 8.56. The summed E-state index contributed by atoms with van der Waals surface area (Å²) in [6.07, 6.45) is 41.2. The quantitative estimate of drug-likeness (QED) is 0.00993. The number of carbonyl (C=O) groups excluding carboxylic acids is 2. The maximum Gasteiger partial charge on any atom is 0.472 e. The van der Waals surface area contributed by atoms with Crippen molar-refractivity contribution in [3.8, 4) is 0 Å². The Hall–Kier alpha value is -1.51. The average molecular weight is 949 g/mol. The molecule has 0 aromatic rings. The van der Waals surface area contributed by atoms with Crippen molar-refractivity contribution in [2.45, 2.75) is 262 Å². The third-order valence-corrected chi connectivity index (χ3v) is 12.9. The van der Waals surface area contributed by atoms with Crippen molar-refractivity contribution in [1.82, 2.24) is 0 Å². The summed E-state index contributed by atoms with van der Waals surface area (Å²) >= 11 is 0. The van der Waals surface area contributed by atoms with E-state index in [1.54, 1.807) is 6.08 Å². The van der Waals surface area contributed by atoms with E-state index in [1.165, 1.54) is 154 Å². The van der Waals surface area contributed by atoms with Gasteiger partial charge >= 0.3 is 13.8 Å². The first-order chi connectivity index (χ1) is 31.5. The summed E-state index contributed by atoms with van der Waals surface area (Å²) in [6.45, 7) is -0.865. The first-order valence-electron chi connectivity index (χ1n) is 26.1. The Bertz CT molecular complexity index is 1180. The van der Waals surface area contributed by atoms with E-state index in [4.69, 9.17) is 14.4 Å². The fraction of sp³-hybridized carbons (Fsp3) is 0.882. The lowest BCUT2D eigenvalue weighted by atomic mass is 10.0. The smallest absolute Gasteiger partial charge is 0.463 e. The molecule has 6 atom stereocenters. The van der Waals surface area contributed by atoms with Crippen LogP contribution < -0.4 is 0 Å². The number of phosphoric ester groups is 1. The van der Waals surface area contributed by atoms with Crippen LogP contribution in [0.3, 0.4) is 0 Å². The van der Waals surface area contributed by atoms with Crippen molar-refractivity contribution in [3.05, 3.63) is 24.3 Å². The van der Waals surface area contributed by atoms with Gasteiger partial charge in [-0.1, -0.05) is 199 Å². The van der Waals surface area contributed by atoms with Crippen LogP contribution in [0.15, 0.2) is 24.3 Å². The Labute approximate surface area is 394 Å². The highest BCUT2D eigenvalue weighted by Crippen LogP contribution is 2.44. The number of carbonyl (C=O) groups is 2. The lowest BCUT2D eigenvalue weighted by Gasteiger charge is -2.26. The molecule has 7 N–H and O–H groups in total. The van der Waals surface area contributed by atoms with Crippen molar-refractivity contribution < 1.29 is 63.5 Å². The third kappa shape index (κ3) is 42.3. The van der Waals surface area contributed by atoms with Gasteiger partial charge in [0.1, 0.15) is 37.1 Å². The summed E-state index contributed by atoms with van der Waals surface area (Å²) < 4.78 is 26.6. The van der Waals surface area contributed by atoms with Crippen LogP contribution in [-0.2, 0) is 27.9 Å². The molecule has 384 valence electrons. The minimum absolute atomic E-state index is 0.158. The highest BCUT2D eigenvalue weighted by atomic mass is 31.2. The van der Waals surface area contributed by atoms with Gasteiger partial charge in [0.05, 0.1) is 19.8 Å². The number of ketones is 1. The zero-order chi connectivity index (χ0) is 48.1. The number of rotatable bonds is 50. The van der Waals surface area contributed by atoms with Crippen LogP contribution in [0.1, 0.15) is 232 Å². The van der Waals surface area contributed by atoms with Crippen LogP contribution in [0.25, 0.3) is 0 Å². The number of esters is 1. The Balaban J connectivity index is 3.58. The molecule has 65 heavy (non-hydrogen) atoms. The number of hydrogen-bond donors (Lipinski definition) is 7. The summed E-state index contributed by atoms with van der Waals surface area (Å²) in [7, 11) is -4.88. The number of ether oxygens (including phenoxy) is 1. The van der Waals surface area contributed by atoms with E-state index in [-0.39, 0.29) is 12.2 Å². The zero-order valence-corrected chi connectivity index (χ0v) is 41.7. The zero-order valence-electron chi connectivity index (χ0n) is 40.8. The molecule has 0 saturated carbocycles. The number of aliphatic hydroxyl groups is 6. The number of allylic oxidation sites excluding steroid dienone is 4. The van der Waals surface area contributed by atoms with Crippen LogP contribution in [0, 0.1) is 0 Å². The van der Waals surface area contributed by atoms with Gasteiger partial charge in [-0.3, -0.25) is 18.6 Å². The second-order valence-corrected chi connectivity index (χ2v) is 19.5. The molecular formula is C51H97O13P. The van der Waals surface area contributed by atoms with Gasteiger partial charge in [0.15, 0.2) is 5.78 Å². The molecule has 0 aromatic carbocycles. The lowest BCUT2D eigenvalue weighted by Crippen LogP contribution is -2.47. The van der Waals surface area contributed by atoms with Crippen molar-refractivity contribution in [2.75, 3.05) is 26.4 Å². The molecule has 13 nitrogen and oxygen atoms in total. The van der Waals surface area contributed by atoms with Gasteiger partial charge < -0.3 is 40.3 Å². The first-order valence-corrected chi connectivity index (χ1v) is 27.6. The summed E-state index contributed by atoms with van der Waals surface area (Å²) in [5, 5.41) is 56.9. The van der Waals surface area contributed by atoms with Gasteiger partial charge in [0.25, 0.3) is 0 Å². The Morgan fingerprint density at radius 1 is 0.492 bits per heavy atom. The summed E-state index contributed by atoms with van der Waals surface area (Å²) in [6, 6.07) is 0. The van der Waals surface area contributed by atoms with Gasteiger partial charge in [-0.25, -0.2) is 4.57 Å². The number of aliphatic hydroxyl groups excluding tert-OH is 6. The molecule has 0 heterocycles. The van der Waals surface area contributed by atoms with E-state index >= 15 is 0 Å². The second-order valence-electron chi connectivity index (χ2n) is 18.1. The molecule has 14 heteroatoms. The first kappa shape index (κ1) is 63.5. The molecular weight excluding hydrogens is 852 g/mol. The molecule has 0 bridgehead atoms. The average Bonchev–Trinajstić information content (AvgIpc) is 3.30. The maximum absolute atomic E-state index is 12.2. The molecule has 0 aliphatic heterocycles. The maximum atomic E-state index is 12.2. The second kappa shape index (κ2) is 46.2. The van der Waals surface area contributed by atoms with E-state index in [2.05, 4.69) is 23.6 Å². The predicted octanol–water partition coefficient (Wildman–Crippen LogP) is 10.8. The number of hydrogen-bond acceptors (Lipinski definition) is 12. The van der Waals surface area contributed by atoms with E-state index in [1.807, 2.05) is 6.08 Å². The Morgan fingerprint density at radius 2 is 0.892 bits per heavy atom. The van der Waals surface area contributed by atoms with Crippen LogP contribution >= 0.6 is 7.82 Å². The highest BCUT2D eigenvalue weighted by molar-refractivity contribution is 7.47. The number of phosphoric acid groups is 1. The summed E-state index contributed by atoms with van der Waals surface area (Å²) in [4.78, 5) is 34.2. The molecule has 0 aliphatic rings. The van der Waals surface area contributed by atoms with Crippen molar-refractivity contribution in [2.24, 2.45) is 0 Å². The molecule has 0 aromatic heterocycles. The van der Waals surface area contributed by atoms with Crippen molar-refractivity contribution in [1.29, 1.82) is 0 Å². The van der Waals surface area contributed by atoms with Crippen LogP contribution in [0.2, 0.25) is 0 Å². The molecule has 0 amide bonds. The van der Waals surface area contributed by atoms with Gasteiger partial charge in [0, 0.05) is 12.8 Å². The van der Waals surface area contributed by atoms with Gasteiger partial charge in [0.2, 0.25) is 0 Å². The van der Waals surface area contributed by atoms with Crippen molar-refractivity contribution in [3.63, 3.8) is 0 Å². The normalized spacial score (nSPS) is 15.3. The number of unbranched alkanes of at least 4 members (excludes halogenated alkanes) is 30. The molecule has 0 radical (unpaired) electrons. The Morgan fingerprint density at radius 3 is 1.35 bits per heavy atom. The highest BCUT2D eigenvalue weighted by Gasteiger charge is 2.34.